The Bertz CT molecular complexity index is 927. The van der Waals surface area contributed by atoms with Crippen LogP contribution in [0.4, 0.5) is 5.13 Å². The molecular weight excluding hydrogens is 376 g/mol. The van der Waals surface area contributed by atoms with Gasteiger partial charge in [0.1, 0.15) is 11.2 Å². The largest absolute Gasteiger partial charge is 0.365 e. The molecule has 3 rings (SSSR count). The van der Waals surface area contributed by atoms with E-state index >= 15 is 0 Å². The minimum atomic E-state index is -0.384. The van der Waals surface area contributed by atoms with Gasteiger partial charge in [-0.3, -0.25) is 25.2 Å². The van der Waals surface area contributed by atoms with Crippen molar-refractivity contribution >= 4 is 34.6 Å². The lowest BCUT2D eigenvalue weighted by Crippen LogP contribution is -2.41. The molecule has 0 saturated carbocycles. The molecule has 0 fully saturated rings. The first-order valence-corrected chi connectivity index (χ1v) is 9.18. The van der Waals surface area contributed by atoms with Gasteiger partial charge in [-0.25, -0.2) is 4.98 Å². The van der Waals surface area contributed by atoms with Crippen LogP contribution in [0.5, 0.6) is 0 Å². The molecular formula is C20H20N4O3S. The van der Waals surface area contributed by atoms with Gasteiger partial charge in [0.05, 0.1) is 5.69 Å². The molecule has 0 spiro atoms. The highest BCUT2D eigenvalue weighted by Crippen LogP contribution is 2.21. The number of anilines is 1. The Balaban J connectivity index is 0.000000292. The van der Waals surface area contributed by atoms with Crippen molar-refractivity contribution in [3.8, 4) is 0 Å². The summed E-state index contributed by atoms with van der Waals surface area (Å²) in [5, 5.41) is 3.53. The molecule has 0 saturated heterocycles. The minimum absolute atomic E-state index is 0.366. The summed E-state index contributed by atoms with van der Waals surface area (Å²) in [4.78, 5) is 38.4. The predicted molar refractivity (Wildman–Crippen MR) is 110 cm³/mol. The van der Waals surface area contributed by atoms with Gasteiger partial charge in [0.2, 0.25) is 0 Å². The zero-order chi connectivity index (χ0) is 20.4. The Kier molecular flexibility index (Phi) is 7.86. The second-order valence-corrected chi connectivity index (χ2v) is 6.49. The van der Waals surface area contributed by atoms with E-state index in [0.717, 1.165) is 11.8 Å². The number of carbonyl (C=O) groups is 3. The molecule has 0 atom stereocenters. The highest BCUT2D eigenvalue weighted by molar-refractivity contribution is 7.17. The van der Waals surface area contributed by atoms with Crippen molar-refractivity contribution in [1.29, 1.82) is 0 Å². The average molecular weight is 396 g/mol. The lowest BCUT2D eigenvalue weighted by atomic mass is 10.2. The molecule has 2 aromatic carbocycles. The lowest BCUT2D eigenvalue weighted by Gasteiger charge is -2.06. The van der Waals surface area contributed by atoms with Crippen LogP contribution in [-0.4, -0.2) is 30.1 Å². The Morgan fingerprint density at radius 2 is 1.50 bits per heavy atom. The predicted octanol–water partition coefficient (Wildman–Crippen LogP) is 3.07. The third-order valence-electron chi connectivity index (χ3n) is 3.48. The van der Waals surface area contributed by atoms with E-state index in [4.69, 9.17) is 0 Å². The summed E-state index contributed by atoms with van der Waals surface area (Å²) < 4.78 is 0. The molecule has 28 heavy (non-hydrogen) atoms. The van der Waals surface area contributed by atoms with Crippen molar-refractivity contribution in [2.24, 2.45) is 0 Å². The molecule has 8 heteroatoms. The third-order valence-corrected chi connectivity index (χ3v) is 4.65. The van der Waals surface area contributed by atoms with Crippen LogP contribution >= 0.6 is 11.3 Å². The zero-order valence-corrected chi connectivity index (χ0v) is 16.2. The number of aldehydes is 1. The summed E-state index contributed by atoms with van der Waals surface area (Å²) in [6.45, 7) is 1.74. The van der Waals surface area contributed by atoms with E-state index in [1.54, 1.807) is 50.4 Å². The first-order valence-electron chi connectivity index (χ1n) is 8.36. The maximum absolute atomic E-state index is 11.9. The van der Waals surface area contributed by atoms with Crippen molar-refractivity contribution in [1.82, 2.24) is 15.8 Å². The number of nitrogens with zero attached hydrogens (tertiary/aromatic N) is 1. The Morgan fingerprint density at radius 3 is 2.00 bits per heavy atom. The van der Waals surface area contributed by atoms with Gasteiger partial charge in [-0.2, -0.15) is 0 Å². The number of nitrogens with one attached hydrogen (secondary N) is 3. The van der Waals surface area contributed by atoms with Gasteiger partial charge in [0, 0.05) is 18.2 Å². The maximum Gasteiger partial charge on any atom is 0.281 e. The van der Waals surface area contributed by atoms with Gasteiger partial charge in [-0.15, -0.1) is 0 Å². The number of thiazole rings is 1. The highest BCUT2D eigenvalue weighted by atomic mass is 32.1. The summed E-state index contributed by atoms with van der Waals surface area (Å²) in [5.74, 6) is -0.749. The van der Waals surface area contributed by atoms with Gasteiger partial charge in [0.15, 0.2) is 5.13 Å². The first-order chi connectivity index (χ1) is 13.5. The molecule has 0 aliphatic heterocycles. The van der Waals surface area contributed by atoms with Crippen molar-refractivity contribution < 1.29 is 14.4 Å². The topological polar surface area (TPSA) is 100 Å². The standard InChI is InChI=1S/C13H14N4O2S.C7H6O/c1-8-10(20-13(14-2)15-8)12(19)17-16-11(18)9-6-4-3-5-7-9;8-6-7-4-2-1-3-5-7/h3-7H,1-2H3,(H,14,15)(H,16,18)(H,17,19);1-6H. The number of carbonyl (C=O) groups excluding carboxylic acids is 3. The number of aryl methyl sites for hydroxylation is 1. The van der Waals surface area contributed by atoms with Crippen molar-refractivity contribution in [3.63, 3.8) is 0 Å². The van der Waals surface area contributed by atoms with Crippen LogP contribution in [0, 0.1) is 6.92 Å². The van der Waals surface area contributed by atoms with Gasteiger partial charge < -0.3 is 5.32 Å². The van der Waals surface area contributed by atoms with E-state index in [-0.39, 0.29) is 11.8 Å². The summed E-state index contributed by atoms with van der Waals surface area (Å²) in [5.41, 5.74) is 6.57. The SMILES string of the molecule is CNc1nc(C)c(C(=O)NNC(=O)c2ccccc2)s1.O=Cc1ccccc1. The molecule has 0 aliphatic carbocycles. The molecule has 0 bridgehead atoms. The molecule has 0 unspecified atom stereocenters. The number of hydrogen-bond donors (Lipinski definition) is 3. The van der Waals surface area contributed by atoms with E-state index in [1.165, 1.54) is 11.3 Å². The minimum Gasteiger partial charge on any atom is -0.365 e. The van der Waals surface area contributed by atoms with E-state index < -0.39 is 0 Å². The van der Waals surface area contributed by atoms with Gasteiger partial charge in [0.25, 0.3) is 11.8 Å². The Labute approximate surface area is 166 Å². The summed E-state index contributed by atoms with van der Waals surface area (Å²) in [7, 11) is 1.73. The fraction of sp³-hybridized carbons (Fsp3) is 0.100. The van der Waals surface area contributed by atoms with Crippen LogP contribution in [0.3, 0.4) is 0 Å². The Morgan fingerprint density at radius 1 is 0.929 bits per heavy atom. The fourth-order valence-electron chi connectivity index (χ4n) is 2.08. The zero-order valence-electron chi connectivity index (χ0n) is 15.4. The van der Waals surface area contributed by atoms with Crippen LogP contribution in [0.2, 0.25) is 0 Å². The molecule has 3 aromatic rings. The molecule has 7 nitrogen and oxygen atoms in total. The maximum atomic E-state index is 11.9. The van der Waals surface area contributed by atoms with E-state index in [2.05, 4.69) is 21.2 Å². The molecule has 0 aliphatic rings. The lowest BCUT2D eigenvalue weighted by molar-refractivity contribution is 0.0848. The molecule has 0 radical (unpaired) electrons. The van der Waals surface area contributed by atoms with Crippen molar-refractivity contribution in [3.05, 3.63) is 82.4 Å². The van der Waals surface area contributed by atoms with Gasteiger partial charge >= 0.3 is 0 Å². The van der Waals surface area contributed by atoms with Crippen molar-refractivity contribution in [2.75, 3.05) is 12.4 Å². The van der Waals surface area contributed by atoms with Crippen molar-refractivity contribution in [2.45, 2.75) is 6.92 Å². The van der Waals surface area contributed by atoms with Crippen LogP contribution < -0.4 is 16.2 Å². The number of aromatic nitrogens is 1. The van der Waals surface area contributed by atoms with Crippen LogP contribution in [0.1, 0.15) is 36.1 Å². The highest BCUT2D eigenvalue weighted by Gasteiger charge is 2.15. The Hall–Kier alpha value is -3.52. The molecule has 144 valence electrons. The summed E-state index contributed by atoms with van der Waals surface area (Å²) in [6.07, 6.45) is 0.833. The van der Waals surface area contributed by atoms with E-state index in [1.807, 2.05) is 24.3 Å². The third kappa shape index (κ3) is 6.03. The number of hydrogen-bond acceptors (Lipinski definition) is 6. The number of amides is 2. The normalized spacial score (nSPS) is 9.50. The monoisotopic (exact) mass is 396 g/mol. The number of benzene rings is 2. The number of rotatable bonds is 4. The van der Waals surface area contributed by atoms with Crippen LogP contribution in [0.15, 0.2) is 60.7 Å². The summed E-state index contributed by atoms with van der Waals surface area (Å²) >= 11 is 1.23. The smallest absolute Gasteiger partial charge is 0.281 e. The summed E-state index contributed by atoms with van der Waals surface area (Å²) in [6, 6.07) is 17.7. The number of hydrazine groups is 1. The van der Waals surface area contributed by atoms with E-state index in [0.29, 0.717) is 21.3 Å². The fourth-order valence-corrected chi connectivity index (χ4v) is 2.89. The van der Waals surface area contributed by atoms with Gasteiger partial charge in [-0.1, -0.05) is 59.9 Å². The molecule has 3 N–H and O–H groups in total. The second-order valence-electron chi connectivity index (χ2n) is 5.49. The molecule has 1 heterocycles. The average Bonchev–Trinajstić information content (AvgIpc) is 3.14. The van der Waals surface area contributed by atoms with Gasteiger partial charge in [-0.05, 0) is 19.1 Å². The molecule has 1 aromatic heterocycles. The first kappa shape index (κ1) is 20.8. The van der Waals surface area contributed by atoms with E-state index in [9.17, 15) is 14.4 Å². The molecule has 2 amide bonds. The quantitative estimate of drug-likeness (QED) is 0.465. The van der Waals surface area contributed by atoms with Crippen LogP contribution in [-0.2, 0) is 0 Å². The van der Waals surface area contributed by atoms with Crippen LogP contribution in [0.25, 0.3) is 0 Å². The second kappa shape index (κ2) is 10.6.